The smallest absolute Gasteiger partial charge is 0.335 e. The van der Waals surface area contributed by atoms with Gasteiger partial charge in [0.25, 0.3) is 0 Å². The average molecular weight is 276 g/mol. The fourth-order valence-corrected chi connectivity index (χ4v) is 2.73. The molecule has 1 aliphatic rings. The van der Waals surface area contributed by atoms with Crippen molar-refractivity contribution in [1.29, 1.82) is 0 Å². The topological polar surface area (TPSA) is 69.6 Å². The monoisotopic (exact) mass is 276 g/mol. The van der Waals surface area contributed by atoms with Gasteiger partial charge in [0.15, 0.2) is 0 Å². The molecule has 1 aromatic carbocycles. The molecule has 108 valence electrons. The molecule has 1 heterocycles. The van der Waals surface area contributed by atoms with E-state index in [1.807, 2.05) is 4.90 Å². The summed E-state index contributed by atoms with van der Waals surface area (Å²) >= 11 is 0. The zero-order valence-electron chi connectivity index (χ0n) is 11.8. The second-order valence-electron chi connectivity index (χ2n) is 5.66. The van der Waals surface area contributed by atoms with E-state index in [1.165, 1.54) is 12.1 Å². The third-order valence-corrected chi connectivity index (χ3v) is 3.54. The third-order valence-electron chi connectivity index (χ3n) is 3.54. The van der Waals surface area contributed by atoms with Gasteiger partial charge < -0.3 is 15.3 Å². The lowest BCUT2D eigenvalue weighted by Gasteiger charge is -2.34. The highest BCUT2D eigenvalue weighted by Gasteiger charge is 2.25. The molecule has 1 fully saturated rings. The minimum Gasteiger partial charge on any atom is -0.478 e. The van der Waals surface area contributed by atoms with Crippen LogP contribution in [0.1, 0.15) is 30.6 Å². The van der Waals surface area contributed by atoms with Crippen molar-refractivity contribution >= 4 is 17.7 Å². The molecule has 2 atom stereocenters. The van der Waals surface area contributed by atoms with Crippen LogP contribution in [0.2, 0.25) is 0 Å². The number of rotatable bonds is 2. The number of carboxylic acid groups (broad SMARTS) is 1. The minimum absolute atomic E-state index is 0.119. The van der Waals surface area contributed by atoms with Crippen molar-refractivity contribution in [1.82, 2.24) is 4.90 Å². The Morgan fingerprint density at radius 1 is 1.15 bits per heavy atom. The lowest BCUT2D eigenvalue weighted by Crippen LogP contribution is -2.44. The summed E-state index contributed by atoms with van der Waals surface area (Å²) in [6.45, 7) is 5.84. The van der Waals surface area contributed by atoms with Crippen LogP contribution >= 0.6 is 0 Å². The number of nitrogens with one attached hydrogen (secondary N) is 1. The van der Waals surface area contributed by atoms with Crippen LogP contribution in [0.3, 0.4) is 0 Å². The number of hydrogen-bond donors (Lipinski definition) is 2. The Balaban J connectivity index is 1.98. The summed E-state index contributed by atoms with van der Waals surface area (Å²) in [5.74, 6) is 0.0549. The average Bonchev–Trinajstić information content (AvgIpc) is 2.38. The van der Waals surface area contributed by atoms with E-state index < -0.39 is 5.97 Å². The Morgan fingerprint density at radius 3 is 2.20 bits per heavy atom. The summed E-state index contributed by atoms with van der Waals surface area (Å²) in [5.41, 5.74) is 0.828. The molecular formula is C15H20N2O3. The minimum atomic E-state index is -0.971. The zero-order chi connectivity index (χ0) is 14.7. The van der Waals surface area contributed by atoms with Gasteiger partial charge >= 0.3 is 12.0 Å². The molecule has 5 nitrogen and oxygen atoms in total. The molecule has 2 rings (SSSR count). The number of nitrogens with zero attached hydrogens (tertiary/aromatic N) is 1. The van der Waals surface area contributed by atoms with E-state index in [2.05, 4.69) is 19.2 Å². The van der Waals surface area contributed by atoms with Gasteiger partial charge in [0.1, 0.15) is 0 Å². The molecule has 0 spiro atoms. The Labute approximate surface area is 118 Å². The first-order valence-corrected chi connectivity index (χ1v) is 6.85. The number of carbonyl (C=O) groups excluding carboxylic acids is 1. The SMILES string of the molecule is CC1CC(C)CN(C(=O)Nc2ccc(C(=O)O)cc2)C1. The van der Waals surface area contributed by atoms with Crippen molar-refractivity contribution < 1.29 is 14.7 Å². The molecule has 0 saturated carbocycles. The predicted octanol–water partition coefficient (Wildman–Crippen LogP) is 2.89. The van der Waals surface area contributed by atoms with E-state index in [9.17, 15) is 9.59 Å². The number of anilines is 1. The molecule has 2 amide bonds. The van der Waals surface area contributed by atoms with Crippen molar-refractivity contribution in [3.05, 3.63) is 29.8 Å². The van der Waals surface area contributed by atoms with Crippen molar-refractivity contribution in [2.24, 2.45) is 11.8 Å². The molecule has 2 N–H and O–H groups in total. The number of benzene rings is 1. The highest BCUT2D eigenvalue weighted by molar-refractivity contribution is 5.91. The fourth-order valence-electron chi connectivity index (χ4n) is 2.73. The van der Waals surface area contributed by atoms with Crippen LogP contribution in [0.4, 0.5) is 10.5 Å². The third kappa shape index (κ3) is 3.50. The highest BCUT2D eigenvalue weighted by atomic mass is 16.4. The van der Waals surface area contributed by atoms with Crippen molar-refractivity contribution in [3.8, 4) is 0 Å². The van der Waals surface area contributed by atoms with Crippen LogP contribution in [-0.4, -0.2) is 35.1 Å². The largest absolute Gasteiger partial charge is 0.478 e. The van der Waals surface area contributed by atoms with Gasteiger partial charge in [-0.1, -0.05) is 13.8 Å². The number of piperidine rings is 1. The number of likely N-dealkylation sites (tertiary alicyclic amines) is 1. The number of urea groups is 1. The van der Waals surface area contributed by atoms with E-state index >= 15 is 0 Å². The van der Waals surface area contributed by atoms with Crippen molar-refractivity contribution in [3.63, 3.8) is 0 Å². The summed E-state index contributed by atoms with van der Waals surface area (Å²) in [7, 11) is 0. The van der Waals surface area contributed by atoms with Gasteiger partial charge in [0.05, 0.1) is 5.56 Å². The first-order chi connectivity index (χ1) is 9.45. The van der Waals surface area contributed by atoms with Crippen LogP contribution in [0.15, 0.2) is 24.3 Å². The molecule has 2 unspecified atom stereocenters. The van der Waals surface area contributed by atoms with Crippen LogP contribution in [0, 0.1) is 11.8 Å². The van der Waals surface area contributed by atoms with Crippen LogP contribution < -0.4 is 5.32 Å². The first kappa shape index (κ1) is 14.4. The van der Waals surface area contributed by atoms with E-state index in [4.69, 9.17) is 5.11 Å². The first-order valence-electron chi connectivity index (χ1n) is 6.85. The zero-order valence-corrected chi connectivity index (χ0v) is 11.8. The number of hydrogen-bond acceptors (Lipinski definition) is 2. The Morgan fingerprint density at radius 2 is 1.70 bits per heavy atom. The predicted molar refractivity (Wildman–Crippen MR) is 76.9 cm³/mol. The molecule has 20 heavy (non-hydrogen) atoms. The van der Waals surface area contributed by atoms with E-state index in [0.29, 0.717) is 17.5 Å². The summed E-state index contributed by atoms with van der Waals surface area (Å²) in [6, 6.07) is 6.07. The van der Waals surface area contributed by atoms with Gasteiger partial charge in [-0.15, -0.1) is 0 Å². The van der Waals surface area contributed by atoms with Gasteiger partial charge in [0.2, 0.25) is 0 Å². The quantitative estimate of drug-likeness (QED) is 0.872. The Hall–Kier alpha value is -2.04. The number of amides is 2. The molecule has 0 radical (unpaired) electrons. The van der Waals surface area contributed by atoms with Crippen LogP contribution in [0.25, 0.3) is 0 Å². The molecular weight excluding hydrogens is 256 g/mol. The second kappa shape index (κ2) is 5.94. The van der Waals surface area contributed by atoms with Crippen LogP contribution in [-0.2, 0) is 0 Å². The van der Waals surface area contributed by atoms with Gasteiger partial charge in [-0.2, -0.15) is 0 Å². The molecule has 0 bridgehead atoms. The summed E-state index contributed by atoms with van der Waals surface area (Å²) < 4.78 is 0. The molecule has 1 saturated heterocycles. The van der Waals surface area contributed by atoms with Crippen molar-refractivity contribution in [2.45, 2.75) is 20.3 Å². The van der Waals surface area contributed by atoms with E-state index in [0.717, 1.165) is 19.5 Å². The van der Waals surface area contributed by atoms with Crippen LogP contribution in [0.5, 0.6) is 0 Å². The maximum atomic E-state index is 12.2. The van der Waals surface area contributed by atoms with E-state index in [-0.39, 0.29) is 11.6 Å². The summed E-state index contributed by atoms with van der Waals surface area (Å²) in [4.78, 5) is 24.8. The number of aromatic carboxylic acids is 1. The molecule has 5 heteroatoms. The van der Waals surface area contributed by atoms with Crippen molar-refractivity contribution in [2.75, 3.05) is 18.4 Å². The maximum Gasteiger partial charge on any atom is 0.335 e. The van der Waals surface area contributed by atoms with Gasteiger partial charge in [-0.3, -0.25) is 0 Å². The van der Waals surface area contributed by atoms with E-state index in [1.54, 1.807) is 12.1 Å². The second-order valence-corrected chi connectivity index (χ2v) is 5.66. The molecule has 0 aliphatic carbocycles. The lowest BCUT2D eigenvalue weighted by atomic mass is 9.92. The molecule has 1 aromatic rings. The Kier molecular flexibility index (Phi) is 4.27. The number of carbonyl (C=O) groups is 2. The fraction of sp³-hybridized carbons (Fsp3) is 0.467. The van der Waals surface area contributed by atoms with Gasteiger partial charge in [0, 0.05) is 18.8 Å². The highest BCUT2D eigenvalue weighted by Crippen LogP contribution is 2.21. The molecule has 1 aliphatic heterocycles. The molecule has 0 aromatic heterocycles. The maximum absolute atomic E-state index is 12.2. The lowest BCUT2D eigenvalue weighted by molar-refractivity contribution is 0.0697. The van der Waals surface area contributed by atoms with Gasteiger partial charge in [-0.05, 0) is 42.5 Å². The van der Waals surface area contributed by atoms with Gasteiger partial charge in [-0.25, -0.2) is 9.59 Å². The summed E-state index contributed by atoms with van der Waals surface area (Å²) in [5, 5.41) is 11.6. The number of carboxylic acids is 1. The standard InChI is InChI=1S/C15H20N2O3/c1-10-7-11(2)9-17(8-10)15(20)16-13-5-3-12(4-6-13)14(18)19/h3-6,10-11H,7-9H2,1-2H3,(H,16,20)(H,18,19). The summed E-state index contributed by atoms with van der Waals surface area (Å²) in [6.07, 6.45) is 1.15. The normalized spacial score (nSPS) is 22.4. The Bertz CT molecular complexity index is 488.